The van der Waals surface area contributed by atoms with Gasteiger partial charge in [-0.2, -0.15) is 13.2 Å². The molecular weight excluding hydrogens is 247 g/mol. The monoisotopic (exact) mass is 255 g/mol. The van der Waals surface area contributed by atoms with Crippen molar-refractivity contribution < 1.29 is 22.4 Å². The summed E-state index contributed by atoms with van der Waals surface area (Å²) in [6.07, 6.45) is -1.55. The van der Waals surface area contributed by atoms with E-state index in [1.807, 2.05) is 0 Å². The minimum atomic E-state index is -4.59. The van der Waals surface area contributed by atoms with E-state index in [1.165, 1.54) is 6.07 Å². The Bertz CT molecular complexity index is 587. The zero-order chi connectivity index (χ0) is 13.3. The fraction of sp³-hybridized carbons (Fsp3) is 0.167. The first-order valence-corrected chi connectivity index (χ1v) is 5.00. The highest BCUT2D eigenvalue weighted by Gasteiger charge is 2.35. The molecule has 0 atom stereocenters. The lowest BCUT2D eigenvalue weighted by atomic mass is 10.0. The average molecular weight is 255 g/mol. The molecule has 0 fully saturated rings. The van der Waals surface area contributed by atoms with Crippen LogP contribution in [0.3, 0.4) is 0 Å². The Hall–Kier alpha value is -2.11. The van der Waals surface area contributed by atoms with Crippen LogP contribution in [0.25, 0.3) is 0 Å². The van der Waals surface area contributed by atoms with Gasteiger partial charge in [0.2, 0.25) is 0 Å². The average Bonchev–Trinajstić information content (AvgIpc) is 2.74. The second-order valence-corrected chi connectivity index (χ2v) is 3.69. The first kappa shape index (κ1) is 12.3. The van der Waals surface area contributed by atoms with Crippen molar-refractivity contribution in [3.63, 3.8) is 0 Å². The van der Waals surface area contributed by atoms with Crippen molar-refractivity contribution in [3.05, 3.63) is 53.2 Å². The number of nitrogens with zero attached hydrogens (tertiary/aromatic N) is 1. The van der Waals surface area contributed by atoms with Crippen molar-refractivity contribution in [2.24, 2.45) is 0 Å². The van der Waals surface area contributed by atoms with Gasteiger partial charge in [0.1, 0.15) is 12.0 Å². The summed E-state index contributed by atoms with van der Waals surface area (Å²) in [5.41, 5.74) is -1.40. The fourth-order valence-corrected chi connectivity index (χ4v) is 1.54. The van der Waals surface area contributed by atoms with Crippen LogP contribution in [-0.2, 0) is 6.18 Å². The van der Waals surface area contributed by atoms with Crippen LogP contribution in [0.4, 0.5) is 13.2 Å². The third kappa shape index (κ3) is 2.27. The van der Waals surface area contributed by atoms with Crippen molar-refractivity contribution in [1.29, 1.82) is 0 Å². The molecule has 0 aromatic carbocycles. The highest BCUT2D eigenvalue weighted by Crippen LogP contribution is 2.32. The van der Waals surface area contributed by atoms with E-state index in [1.54, 1.807) is 6.92 Å². The largest absolute Gasteiger partial charge is 0.469 e. The number of carbonyl (C=O) groups excluding carboxylic acids is 1. The standard InChI is InChI=1S/C12H8F3NO2/c1-7-4-8(6-18-7)11(17)9-5-16-3-2-10(9)12(13,14)15/h2-6H,1H3. The Kier molecular flexibility index (Phi) is 2.94. The lowest BCUT2D eigenvalue weighted by Crippen LogP contribution is -2.13. The molecule has 0 saturated heterocycles. The smallest absolute Gasteiger partial charge is 0.417 e. The van der Waals surface area contributed by atoms with E-state index in [4.69, 9.17) is 4.42 Å². The molecule has 2 aromatic heterocycles. The van der Waals surface area contributed by atoms with Gasteiger partial charge in [-0.25, -0.2) is 0 Å². The van der Waals surface area contributed by atoms with Gasteiger partial charge in [0.25, 0.3) is 0 Å². The number of hydrogen-bond acceptors (Lipinski definition) is 3. The number of carbonyl (C=O) groups is 1. The number of alkyl halides is 3. The summed E-state index contributed by atoms with van der Waals surface area (Å²) in [7, 11) is 0. The topological polar surface area (TPSA) is 43.1 Å². The van der Waals surface area contributed by atoms with Gasteiger partial charge < -0.3 is 4.42 Å². The van der Waals surface area contributed by atoms with Gasteiger partial charge in [-0.3, -0.25) is 9.78 Å². The predicted octanol–water partition coefficient (Wildman–Crippen LogP) is 3.23. The van der Waals surface area contributed by atoms with E-state index in [2.05, 4.69) is 4.98 Å². The molecule has 2 heterocycles. The van der Waals surface area contributed by atoms with Crippen molar-refractivity contribution in [2.75, 3.05) is 0 Å². The molecule has 6 heteroatoms. The molecule has 0 saturated carbocycles. The van der Waals surface area contributed by atoms with Crippen LogP contribution >= 0.6 is 0 Å². The number of hydrogen-bond donors (Lipinski definition) is 0. The second kappa shape index (κ2) is 4.29. The molecular formula is C12H8F3NO2. The van der Waals surface area contributed by atoms with Crippen molar-refractivity contribution >= 4 is 5.78 Å². The Morgan fingerprint density at radius 1 is 1.39 bits per heavy atom. The van der Waals surface area contributed by atoms with Crippen LogP contribution < -0.4 is 0 Å². The van der Waals surface area contributed by atoms with E-state index in [0.717, 1.165) is 24.7 Å². The maximum atomic E-state index is 12.7. The molecule has 0 amide bonds. The summed E-state index contributed by atoms with van der Waals surface area (Å²) in [5.74, 6) is -0.303. The minimum Gasteiger partial charge on any atom is -0.469 e. The number of halogens is 3. The van der Waals surface area contributed by atoms with Gasteiger partial charge >= 0.3 is 6.18 Å². The zero-order valence-electron chi connectivity index (χ0n) is 9.28. The summed E-state index contributed by atoms with van der Waals surface area (Å²) in [6, 6.07) is 2.16. The Morgan fingerprint density at radius 2 is 2.11 bits per heavy atom. The Labute approximate surface area is 100 Å². The first-order valence-electron chi connectivity index (χ1n) is 5.00. The normalized spacial score (nSPS) is 11.6. The molecule has 0 bridgehead atoms. The minimum absolute atomic E-state index is 0.0750. The van der Waals surface area contributed by atoms with Crippen molar-refractivity contribution in [1.82, 2.24) is 4.98 Å². The van der Waals surface area contributed by atoms with Gasteiger partial charge in [0.05, 0.1) is 16.7 Å². The van der Waals surface area contributed by atoms with Gasteiger partial charge in [0, 0.05) is 12.4 Å². The molecule has 2 aromatic rings. The van der Waals surface area contributed by atoms with E-state index in [-0.39, 0.29) is 5.56 Å². The quantitative estimate of drug-likeness (QED) is 0.774. The van der Waals surface area contributed by atoms with Gasteiger partial charge in [-0.15, -0.1) is 0 Å². The maximum absolute atomic E-state index is 12.7. The van der Waals surface area contributed by atoms with Crippen molar-refractivity contribution in [3.8, 4) is 0 Å². The number of pyridine rings is 1. The fourth-order valence-electron chi connectivity index (χ4n) is 1.54. The maximum Gasteiger partial charge on any atom is 0.417 e. The van der Waals surface area contributed by atoms with E-state index in [0.29, 0.717) is 5.76 Å². The molecule has 0 spiro atoms. The number of ketones is 1. The first-order chi connectivity index (χ1) is 8.39. The molecule has 0 unspecified atom stereocenters. The van der Waals surface area contributed by atoms with Crippen LogP contribution in [0.1, 0.15) is 27.2 Å². The van der Waals surface area contributed by atoms with Crippen LogP contribution in [0.15, 0.2) is 35.2 Å². The summed E-state index contributed by atoms with van der Waals surface area (Å²) >= 11 is 0. The highest BCUT2D eigenvalue weighted by molar-refractivity contribution is 6.09. The second-order valence-electron chi connectivity index (χ2n) is 3.69. The van der Waals surface area contributed by atoms with Gasteiger partial charge in [-0.05, 0) is 19.1 Å². The zero-order valence-corrected chi connectivity index (χ0v) is 9.28. The summed E-state index contributed by atoms with van der Waals surface area (Å²) in [6.45, 7) is 1.60. The van der Waals surface area contributed by atoms with Gasteiger partial charge in [-0.1, -0.05) is 0 Å². The SMILES string of the molecule is Cc1cc(C(=O)c2cnccc2C(F)(F)F)co1. The molecule has 94 valence electrons. The molecule has 0 aliphatic carbocycles. The van der Waals surface area contributed by atoms with Crippen molar-refractivity contribution in [2.45, 2.75) is 13.1 Å². The lowest BCUT2D eigenvalue weighted by Gasteiger charge is -2.10. The van der Waals surface area contributed by atoms with E-state index >= 15 is 0 Å². The number of rotatable bonds is 2. The number of furan rings is 1. The molecule has 0 radical (unpaired) electrons. The number of aromatic nitrogens is 1. The molecule has 0 aliphatic heterocycles. The molecule has 0 aliphatic rings. The van der Waals surface area contributed by atoms with Gasteiger partial charge in [0.15, 0.2) is 5.78 Å². The molecule has 2 rings (SSSR count). The highest BCUT2D eigenvalue weighted by atomic mass is 19.4. The van der Waals surface area contributed by atoms with Crippen LogP contribution in [0, 0.1) is 6.92 Å². The third-order valence-corrected chi connectivity index (χ3v) is 2.36. The molecule has 0 N–H and O–H groups in total. The molecule has 18 heavy (non-hydrogen) atoms. The van der Waals surface area contributed by atoms with Crippen LogP contribution in [0.5, 0.6) is 0 Å². The summed E-state index contributed by atoms with van der Waals surface area (Å²) < 4.78 is 43.1. The predicted molar refractivity (Wildman–Crippen MR) is 56.1 cm³/mol. The lowest BCUT2D eigenvalue weighted by molar-refractivity contribution is -0.137. The third-order valence-electron chi connectivity index (χ3n) is 2.36. The van der Waals surface area contributed by atoms with Crippen LogP contribution in [0.2, 0.25) is 0 Å². The Morgan fingerprint density at radius 3 is 2.67 bits per heavy atom. The van der Waals surface area contributed by atoms with E-state index in [9.17, 15) is 18.0 Å². The number of aryl methyl sites for hydroxylation is 1. The summed E-state index contributed by atoms with van der Waals surface area (Å²) in [4.78, 5) is 15.5. The molecule has 3 nitrogen and oxygen atoms in total. The summed E-state index contributed by atoms with van der Waals surface area (Å²) in [5, 5.41) is 0. The van der Waals surface area contributed by atoms with E-state index < -0.39 is 23.1 Å². The Balaban J connectivity index is 2.49. The van der Waals surface area contributed by atoms with Crippen LogP contribution in [-0.4, -0.2) is 10.8 Å².